The first-order valence-electron chi connectivity index (χ1n) is 11.8. The van der Waals surface area contributed by atoms with Crippen LogP contribution in [0.25, 0.3) is 0 Å². The number of rotatable bonds is 6. The number of aliphatic hydroxyl groups excluding tert-OH is 1. The molecule has 3 aliphatic rings. The number of aliphatic hydroxyl groups is 1. The highest BCUT2D eigenvalue weighted by molar-refractivity contribution is 7.84. The molecule has 2 unspecified atom stereocenters. The van der Waals surface area contributed by atoms with Crippen molar-refractivity contribution in [3.63, 3.8) is 0 Å². The summed E-state index contributed by atoms with van der Waals surface area (Å²) >= 11 is 0. The molecular formula is C25H35N3O4S. The third-order valence-corrected chi connectivity index (χ3v) is 8.41. The molecular weight excluding hydrogens is 438 g/mol. The van der Waals surface area contributed by atoms with E-state index in [-0.39, 0.29) is 29.2 Å². The van der Waals surface area contributed by atoms with Crippen LogP contribution < -0.4 is 5.32 Å². The summed E-state index contributed by atoms with van der Waals surface area (Å²) in [6, 6.07) is 6.56. The van der Waals surface area contributed by atoms with E-state index in [2.05, 4.69) is 37.4 Å². The van der Waals surface area contributed by atoms with E-state index < -0.39 is 22.5 Å². The molecule has 1 aliphatic carbocycles. The summed E-state index contributed by atoms with van der Waals surface area (Å²) < 4.78 is 11.7. The Labute approximate surface area is 198 Å². The fraction of sp³-hybridized carbons (Fsp3) is 0.600. The molecule has 8 heteroatoms. The number of carbonyl (C=O) groups excluding carboxylic acids is 2. The quantitative estimate of drug-likeness (QED) is 0.663. The van der Waals surface area contributed by atoms with E-state index in [0.717, 1.165) is 25.7 Å². The van der Waals surface area contributed by atoms with E-state index in [1.54, 1.807) is 18.2 Å². The van der Waals surface area contributed by atoms with Crippen molar-refractivity contribution in [2.45, 2.75) is 70.0 Å². The zero-order valence-corrected chi connectivity index (χ0v) is 20.8. The van der Waals surface area contributed by atoms with Crippen LogP contribution in [-0.2, 0) is 25.8 Å². The van der Waals surface area contributed by atoms with Crippen LogP contribution in [0.2, 0.25) is 0 Å². The molecule has 1 aromatic rings. The second-order valence-corrected chi connectivity index (χ2v) is 11.6. The van der Waals surface area contributed by atoms with Gasteiger partial charge in [-0.3, -0.25) is 13.8 Å². The lowest BCUT2D eigenvalue weighted by atomic mass is 9.74. The number of hydrogen-bond acceptors (Lipinski definition) is 5. The maximum Gasteiger partial charge on any atom is 0.290 e. The number of benzene rings is 1. The van der Waals surface area contributed by atoms with Crippen LogP contribution in [0.4, 0.5) is 0 Å². The van der Waals surface area contributed by atoms with Crippen LogP contribution in [0.5, 0.6) is 0 Å². The molecule has 2 amide bonds. The zero-order valence-electron chi connectivity index (χ0n) is 20.0. The second-order valence-electron chi connectivity index (χ2n) is 10.0. The van der Waals surface area contributed by atoms with Gasteiger partial charge in [0.25, 0.3) is 11.8 Å². The van der Waals surface area contributed by atoms with Crippen molar-refractivity contribution in [1.29, 1.82) is 0 Å². The molecule has 7 nitrogen and oxygen atoms in total. The predicted octanol–water partition coefficient (Wildman–Crippen LogP) is 2.64. The van der Waals surface area contributed by atoms with E-state index in [9.17, 15) is 18.9 Å². The fourth-order valence-corrected chi connectivity index (χ4v) is 6.49. The van der Waals surface area contributed by atoms with Gasteiger partial charge < -0.3 is 20.2 Å². The van der Waals surface area contributed by atoms with Gasteiger partial charge in [0.05, 0.1) is 6.04 Å². The lowest BCUT2D eigenvalue weighted by molar-refractivity contribution is -0.139. The molecule has 180 valence electrons. The Hall–Kier alpha value is -2.35. The molecule has 2 fully saturated rings. The normalized spacial score (nSPS) is 25.8. The van der Waals surface area contributed by atoms with E-state index in [4.69, 9.17) is 0 Å². The van der Waals surface area contributed by atoms with Gasteiger partial charge in [-0.25, -0.2) is 0 Å². The van der Waals surface area contributed by atoms with Gasteiger partial charge in [0.15, 0.2) is 5.70 Å². The van der Waals surface area contributed by atoms with Crippen LogP contribution >= 0.6 is 0 Å². The Balaban J connectivity index is 1.68. The summed E-state index contributed by atoms with van der Waals surface area (Å²) in [5.41, 5.74) is 3.76. The largest absolute Gasteiger partial charge is 0.501 e. The van der Waals surface area contributed by atoms with Gasteiger partial charge in [0.1, 0.15) is 6.17 Å². The average Bonchev–Trinajstić information content (AvgIpc) is 3.22. The summed E-state index contributed by atoms with van der Waals surface area (Å²) in [5, 5.41) is 13.5. The third kappa shape index (κ3) is 4.54. The minimum Gasteiger partial charge on any atom is -0.501 e. The van der Waals surface area contributed by atoms with Crippen LogP contribution in [0.3, 0.4) is 0 Å². The second kappa shape index (κ2) is 9.12. The molecule has 1 saturated heterocycles. The molecule has 2 N–H and O–H groups in total. The Morgan fingerprint density at radius 2 is 1.79 bits per heavy atom. The Morgan fingerprint density at radius 1 is 1.15 bits per heavy atom. The number of aryl methyl sites for hydroxylation is 2. The lowest BCUT2D eigenvalue weighted by Gasteiger charge is -2.49. The number of likely N-dealkylation sites (N-methyl/N-ethyl adjacent to an activating group) is 1. The van der Waals surface area contributed by atoms with Crippen LogP contribution in [0, 0.1) is 13.8 Å². The van der Waals surface area contributed by atoms with Crippen LogP contribution in [0.15, 0.2) is 29.7 Å². The van der Waals surface area contributed by atoms with Gasteiger partial charge in [-0.05, 0) is 50.5 Å². The standard InChI is InChI=1S/C25H35N3O4S/c1-16-11-17(2)13-18(12-16)25(8-5-6-9-25)14-20-26-23(30)22(29)21-24(31)27(3)19(15-28(20)21)7-10-33(4)32/h11-13,19-20,29H,5-10,14-15H2,1-4H3,(H,26,30)/t19-,20?,33?/m0/s1. The summed E-state index contributed by atoms with van der Waals surface area (Å²) in [6.45, 7) is 4.72. The van der Waals surface area contributed by atoms with Crippen molar-refractivity contribution >= 4 is 22.6 Å². The lowest BCUT2D eigenvalue weighted by Crippen LogP contribution is -2.64. The minimum absolute atomic E-state index is 0.0837. The highest BCUT2D eigenvalue weighted by atomic mass is 32.2. The maximum absolute atomic E-state index is 13.2. The molecule has 0 aromatic heterocycles. The van der Waals surface area contributed by atoms with Crippen LogP contribution in [0.1, 0.15) is 55.2 Å². The first-order valence-corrected chi connectivity index (χ1v) is 13.5. The van der Waals surface area contributed by atoms with Crippen molar-refractivity contribution in [3.8, 4) is 0 Å². The third-order valence-electron chi connectivity index (χ3n) is 7.60. The molecule has 2 heterocycles. The number of amides is 2. The number of nitrogens with one attached hydrogen (secondary N) is 1. The number of piperazine rings is 1. The predicted molar refractivity (Wildman–Crippen MR) is 129 cm³/mol. The van der Waals surface area contributed by atoms with Gasteiger partial charge in [0, 0.05) is 36.4 Å². The SMILES string of the molecule is Cc1cc(C)cc(C2(CC3NC(=O)C(O)=C4C(=O)N(C)[C@@H](CCS(C)=O)CN43)CCCC2)c1. The molecule has 0 bridgehead atoms. The summed E-state index contributed by atoms with van der Waals surface area (Å²) in [6.07, 6.45) is 6.91. The van der Waals surface area contributed by atoms with E-state index in [0.29, 0.717) is 25.1 Å². The highest BCUT2D eigenvalue weighted by Crippen LogP contribution is 2.46. The highest BCUT2D eigenvalue weighted by Gasteiger charge is 2.47. The van der Waals surface area contributed by atoms with E-state index in [1.807, 2.05) is 4.90 Å². The Morgan fingerprint density at radius 3 is 2.39 bits per heavy atom. The molecule has 1 aromatic carbocycles. The van der Waals surface area contributed by atoms with E-state index >= 15 is 0 Å². The topological polar surface area (TPSA) is 90.0 Å². The minimum atomic E-state index is -0.952. The van der Waals surface area contributed by atoms with Crippen molar-refractivity contribution in [1.82, 2.24) is 15.1 Å². The number of fused-ring (bicyclic) bond motifs is 1. The zero-order chi connectivity index (χ0) is 23.9. The summed E-state index contributed by atoms with van der Waals surface area (Å²) in [4.78, 5) is 29.4. The maximum atomic E-state index is 13.2. The molecule has 3 atom stereocenters. The summed E-state index contributed by atoms with van der Waals surface area (Å²) in [5.74, 6) is -0.940. The first kappa shape index (κ1) is 23.8. The van der Waals surface area contributed by atoms with Gasteiger partial charge in [-0.15, -0.1) is 0 Å². The summed E-state index contributed by atoms with van der Waals surface area (Å²) in [7, 11) is 0.741. The Kier molecular flexibility index (Phi) is 6.58. The van der Waals surface area contributed by atoms with Crippen molar-refractivity contribution < 1.29 is 18.9 Å². The molecule has 2 aliphatic heterocycles. The molecule has 4 rings (SSSR count). The molecule has 0 spiro atoms. The van der Waals surface area contributed by atoms with Gasteiger partial charge in [0.2, 0.25) is 5.76 Å². The number of hydrogen-bond donors (Lipinski definition) is 2. The Bertz CT molecular complexity index is 995. The smallest absolute Gasteiger partial charge is 0.290 e. The fourth-order valence-electron chi connectivity index (χ4n) is 5.88. The molecule has 0 radical (unpaired) electrons. The van der Waals surface area contributed by atoms with Crippen molar-refractivity contribution in [2.24, 2.45) is 0 Å². The van der Waals surface area contributed by atoms with Crippen molar-refractivity contribution in [2.75, 3.05) is 25.6 Å². The van der Waals surface area contributed by atoms with Crippen LogP contribution in [-0.4, -0.2) is 68.7 Å². The average molecular weight is 474 g/mol. The number of carbonyl (C=O) groups is 2. The first-order chi connectivity index (χ1) is 15.6. The van der Waals surface area contributed by atoms with Gasteiger partial charge in [-0.1, -0.05) is 42.2 Å². The van der Waals surface area contributed by atoms with Gasteiger partial charge >= 0.3 is 0 Å². The van der Waals surface area contributed by atoms with Gasteiger partial charge in [-0.2, -0.15) is 0 Å². The van der Waals surface area contributed by atoms with Crippen molar-refractivity contribution in [3.05, 3.63) is 46.3 Å². The molecule has 33 heavy (non-hydrogen) atoms. The molecule has 1 saturated carbocycles. The monoisotopic (exact) mass is 473 g/mol. The number of nitrogens with zero attached hydrogens (tertiary/aromatic N) is 2. The van der Waals surface area contributed by atoms with E-state index in [1.165, 1.54) is 16.7 Å².